The van der Waals surface area contributed by atoms with Gasteiger partial charge in [-0.05, 0) is 42.5 Å². The van der Waals surface area contributed by atoms with Crippen molar-refractivity contribution in [2.24, 2.45) is 12.0 Å². The van der Waals surface area contributed by atoms with Crippen molar-refractivity contribution in [1.82, 2.24) is 20.0 Å². The van der Waals surface area contributed by atoms with Gasteiger partial charge in [0.1, 0.15) is 0 Å². The topological polar surface area (TPSA) is 63.9 Å². The van der Waals surface area contributed by atoms with Gasteiger partial charge in [-0.25, -0.2) is 0 Å². The third-order valence-corrected chi connectivity index (χ3v) is 7.28. The molecule has 3 aliphatic rings. The minimum atomic E-state index is 0. The van der Waals surface area contributed by atoms with Crippen molar-refractivity contribution in [3.05, 3.63) is 41.7 Å². The number of aliphatic imine (C=N–C) groups is 1. The number of benzene rings is 1. The van der Waals surface area contributed by atoms with Gasteiger partial charge in [-0.15, -0.1) is 24.0 Å². The first kappa shape index (κ1) is 23.2. The molecule has 1 aliphatic carbocycles. The van der Waals surface area contributed by atoms with Crippen LogP contribution in [0.2, 0.25) is 0 Å². The van der Waals surface area contributed by atoms with Crippen molar-refractivity contribution in [3.63, 3.8) is 0 Å². The maximum Gasteiger partial charge on any atom is 0.231 e. The molecule has 0 spiro atoms. The fourth-order valence-electron chi connectivity index (χ4n) is 5.48. The van der Waals surface area contributed by atoms with Crippen LogP contribution in [-0.2, 0) is 12.5 Å². The van der Waals surface area contributed by atoms with Gasteiger partial charge in [-0.3, -0.25) is 9.67 Å². The first-order chi connectivity index (χ1) is 15.2. The quantitative estimate of drug-likeness (QED) is 0.353. The average molecular weight is 551 g/mol. The number of guanidine groups is 1. The van der Waals surface area contributed by atoms with E-state index in [1.165, 1.54) is 43.2 Å². The summed E-state index contributed by atoms with van der Waals surface area (Å²) in [5.74, 6) is 3.27. The molecule has 8 heteroatoms. The molecule has 0 amide bonds. The second-order valence-corrected chi connectivity index (χ2v) is 9.19. The van der Waals surface area contributed by atoms with E-state index >= 15 is 0 Å². The highest BCUT2D eigenvalue weighted by atomic mass is 127. The first-order valence-corrected chi connectivity index (χ1v) is 11.5. The van der Waals surface area contributed by atoms with Crippen LogP contribution in [-0.4, -0.2) is 54.1 Å². The minimum absolute atomic E-state index is 0. The van der Waals surface area contributed by atoms with E-state index in [1.807, 2.05) is 25.0 Å². The van der Waals surface area contributed by atoms with Crippen molar-refractivity contribution in [2.75, 3.05) is 33.5 Å². The summed E-state index contributed by atoms with van der Waals surface area (Å²) in [6.45, 7) is 3.23. The van der Waals surface area contributed by atoms with Gasteiger partial charge in [-0.1, -0.05) is 25.3 Å². The molecule has 1 N–H and O–H groups in total. The molecule has 0 bridgehead atoms. The number of nitrogens with zero attached hydrogens (tertiary/aromatic N) is 4. The van der Waals surface area contributed by atoms with Gasteiger partial charge in [0.2, 0.25) is 6.79 Å². The Hall–Kier alpha value is -1.97. The Bertz CT molecular complexity index is 954. The van der Waals surface area contributed by atoms with Gasteiger partial charge >= 0.3 is 0 Å². The number of hydrogen-bond donors (Lipinski definition) is 1. The number of aromatic nitrogens is 2. The molecule has 1 aromatic heterocycles. The number of rotatable bonds is 4. The number of nitrogens with one attached hydrogen (secondary N) is 1. The van der Waals surface area contributed by atoms with Crippen LogP contribution in [0.5, 0.6) is 11.5 Å². The zero-order chi connectivity index (χ0) is 21.3. The highest BCUT2D eigenvalue weighted by Crippen LogP contribution is 2.43. The van der Waals surface area contributed by atoms with Gasteiger partial charge < -0.3 is 19.7 Å². The summed E-state index contributed by atoms with van der Waals surface area (Å²) in [5.41, 5.74) is 2.79. The maximum absolute atomic E-state index is 5.68. The van der Waals surface area contributed by atoms with E-state index in [9.17, 15) is 0 Å². The number of likely N-dealkylation sites (tertiary alicyclic amines) is 1. The monoisotopic (exact) mass is 551 g/mol. The molecule has 5 rings (SSSR count). The minimum Gasteiger partial charge on any atom is -0.454 e. The van der Waals surface area contributed by atoms with E-state index in [-0.39, 0.29) is 29.4 Å². The lowest BCUT2D eigenvalue weighted by Gasteiger charge is -2.39. The van der Waals surface area contributed by atoms with Crippen molar-refractivity contribution >= 4 is 29.9 Å². The lowest BCUT2D eigenvalue weighted by Crippen LogP contribution is -2.47. The smallest absolute Gasteiger partial charge is 0.231 e. The fraction of sp³-hybridized carbons (Fsp3) is 0.583. The summed E-state index contributed by atoms with van der Waals surface area (Å²) in [7, 11) is 3.88. The normalized spacial score (nSPS) is 22.0. The van der Waals surface area contributed by atoms with Gasteiger partial charge in [0.15, 0.2) is 17.5 Å². The molecular formula is C24H34IN5O2. The molecule has 174 valence electrons. The molecule has 1 saturated heterocycles. The molecule has 2 aromatic rings. The zero-order valence-electron chi connectivity index (χ0n) is 19.0. The molecule has 3 heterocycles. The molecule has 7 nitrogen and oxygen atoms in total. The predicted octanol–water partition coefficient (Wildman–Crippen LogP) is 4.03. The molecule has 1 aromatic carbocycles. The van der Waals surface area contributed by atoms with Crippen LogP contribution in [0.15, 0.2) is 35.6 Å². The fourth-order valence-corrected chi connectivity index (χ4v) is 5.48. The van der Waals surface area contributed by atoms with E-state index in [2.05, 4.69) is 44.7 Å². The maximum atomic E-state index is 5.68. The van der Waals surface area contributed by atoms with E-state index in [0.717, 1.165) is 43.5 Å². The van der Waals surface area contributed by atoms with Gasteiger partial charge in [0.25, 0.3) is 0 Å². The van der Waals surface area contributed by atoms with Crippen LogP contribution in [0.25, 0.3) is 0 Å². The number of aryl methyl sites for hydroxylation is 1. The van der Waals surface area contributed by atoms with Crippen LogP contribution in [0.4, 0.5) is 0 Å². The van der Waals surface area contributed by atoms with E-state index in [4.69, 9.17) is 9.47 Å². The van der Waals surface area contributed by atoms with Crippen molar-refractivity contribution < 1.29 is 9.47 Å². The molecule has 1 unspecified atom stereocenters. The second-order valence-electron chi connectivity index (χ2n) is 9.19. The first-order valence-electron chi connectivity index (χ1n) is 11.5. The van der Waals surface area contributed by atoms with Crippen LogP contribution in [0, 0.1) is 0 Å². The molecule has 1 atom stereocenters. The summed E-state index contributed by atoms with van der Waals surface area (Å²) in [4.78, 5) is 7.03. The summed E-state index contributed by atoms with van der Waals surface area (Å²) in [6, 6.07) is 6.51. The lowest BCUT2D eigenvalue weighted by atomic mass is 9.69. The van der Waals surface area contributed by atoms with Crippen molar-refractivity contribution in [2.45, 2.75) is 49.9 Å². The van der Waals surface area contributed by atoms with Crippen LogP contribution >= 0.6 is 24.0 Å². The van der Waals surface area contributed by atoms with Gasteiger partial charge in [-0.2, -0.15) is 5.10 Å². The van der Waals surface area contributed by atoms with E-state index in [0.29, 0.717) is 12.7 Å². The third kappa shape index (κ3) is 4.56. The van der Waals surface area contributed by atoms with Gasteiger partial charge in [0, 0.05) is 51.3 Å². The number of ether oxygens (including phenoxy) is 2. The van der Waals surface area contributed by atoms with E-state index in [1.54, 1.807) is 0 Å². The Morgan fingerprint density at radius 1 is 1.22 bits per heavy atom. The molecule has 2 fully saturated rings. The Morgan fingerprint density at radius 2 is 2.03 bits per heavy atom. The predicted molar refractivity (Wildman–Crippen MR) is 136 cm³/mol. The van der Waals surface area contributed by atoms with Crippen molar-refractivity contribution in [1.29, 1.82) is 0 Å². The molecular weight excluding hydrogens is 517 g/mol. The highest BCUT2D eigenvalue weighted by molar-refractivity contribution is 14.0. The second kappa shape index (κ2) is 9.89. The zero-order valence-corrected chi connectivity index (χ0v) is 21.4. The Balaban J connectivity index is 0.00000245. The molecule has 0 radical (unpaired) electrons. The number of halogens is 1. The Morgan fingerprint density at radius 3 is 2.78 bits per heavy atom. The summed E-state index contributed by atoms with van der Waals surface area (Å²) in [5, 5.41) is 8.10. The molecule has 2 aliphatic heterocycles. The van der Waals surface area contributed by atoms with Gasteiger partial charge in [0.05, 0.1) is 6.20 Å². The summed E-state index contributed by atoms with van der Waals surface area (Å²) < 4.78 is 13.1. The van der Waals surface area contributed by atoms with E-state index < -0.39 is 0 Å². The van der Waals surface area contributed by atoms with Crippen LogP contribution in [0.1, 0.15) is 55.6 Å². The molecule has 32 heavy (non-hydrogen) atoms. The largest absolute Gasteiger partial charge is 0.454 e. The summed E-state index contributed by atoms with van der Waals surface area (Å²) in [6.07, 6.45) is 11.5. The van der Waals surface area contributed by atoms with Crippen LogP contribution in [0.3, 0.4) is 0 Å². The Labute approximate surface area is 207 Å². The number of fused-ring (bicyclic) bond motifs is 1. The third-order valence-electron chi connectivity index (χ3n) is 7.28. The SMILES string of the molecule is CN=C(NCC1(c2ccc3c(c2)OCO3)CCCCC1)N1CCC(c2cnn(C)c2)C1.I. The number of hydrogen-bond acceptors (Lipinski definition) is 4. The summed E-state index contributed by atoms with van der Waals surface area (Å²) >= 11 is 0. The molecule has 1 saturated carbocycles. The lowest BCUT2D eigenvalue weighted by molar-refractivity contribution is 0.174. The van der Waals surface area contributed by atoms with Crippen molar-refractivity contribution in [3.8, 4) is 11.5 Å². The highest BCUT2D eigenvalue weighted by Gasteiger charge is 2.36. The Kier molecular flexibility index (Phi) is 7.17. The average Bonchev–Trinajstić information content (AvgIpc) is 3.55. The van der Waals surface area contributed by atoms with Crippen LogP contribution < -0.4 is 14.8 Å². The standard InChI is InChI=1S/C24H33N5O2.HI/c1-25-23(29-11-8-18(15-29)19-13-27-28(2)14-19)26-16-24(9-4-3-5-10-24)20-6-7-21-22(12-20)31-17-30-21;/h6-7,12-14,18H,3-5,8-11,15-17H2,1-2H3,(H,25,26);1H.